The number of hydrogen-bond donors (Lipinski definition) is 7. The summed E-state index contributed by atoms with van der Waals surface area (Å²) in [6.07, 6.45) is 0.113. The van der Waals surface area contributed by atoms with Crippen molar-refractivity contribution in [2.45, 2.75) is 130 Å². The molecule has 0 spiro atoms. The molecular weight excluding hydrogens is 700 g/mol. The Bertz CT molecular complexity index is 1330. The molecule has 0 aliphatic heterocycles. The third kappa shape index (κ3) is 9.66. The summed E-state index contributed by atoms with van der Waals surface area (Å²) in [5.74, 6) is -11.2. The molecular formula is C35H72N12O7. The molecule has 0 saturated heterocycles. The van der Waals surface area contributed by atoms with E-state index in [1.807, 2.05) is 13.8 Å². The molecule has 19 heteroatoms. The first-order chi connectivity index (χ1) is 24.5. The van der Waals surface area contributed by atoms with E-state index in [0.29, 0.717) is 0 Å². The van der Waals surface area contributed by atoms with Crippen molar-refractivity contribution < 1.29 is 33.9 Å². The highest BCUT2D eigenvalue weighted by Gasteiger charge is 2.70. The summed E-state index contributed by atoms with van der Waals surface area (Å²) in [6, 6.07) is -8.25. The van der Waals surface area contributed by atoms with E-state index in [-0.39, 0.29) is 18.9 Å². The van der Waals surface area contributed by atoms with Crippen LogP contribution in [0.3, 0.4) is 0 Å². The minimum atomic E-state index is -2.96. The van der Waals surface area contributed by atoms with Gasteiger partial charge in [-0.05, 0) is 50.9 Å². The van der Waals surface area contributed by atoms with E-state index in [9.17, 15) is 33.9 Å². The first-order valence-corrected chi connectivity index (χ1v) is 18.5. The van der Waals surface area contributed by atoms with Crippen LogP contribution in [0.4, 0.5) is 0 Å². The summed E-state index contributed by atoms with van der Waals surface area (Å²) in [5.41, 5.74) is 35.9. The Morgan fingerprint density at radius 3 is 1.31 bits per heavy atom. The number of rotatable bonds is 20. The van der Waals surface area contributed by atoms with Crippen LogP contribution in [0, 0.1) is 23.7 Å². The van der Waals surface area contributed by atoms with Crippen LogP contribution < -0.4 is 34.4 Å². The van der Waals surface area contributed by atoms with Gasteiger partial charge in [-0.25, -0.2) is 4.79 Å². The smallest absolute Gasteiger partial charge is 0.348 e. The van der Waals surface area contributed by atoms with Gasteiger partial charge in [0.2, 0.25) is 29.3 Å². The van der Waals surface area contributed by atoms with Gasteiger partial charge in [0.15, 0.2) is 0 Å². The maximum atomic E-state index is 14.9. The molecule has 0 heterocycles. The number of carbonyl (C=O) groups is 6. The largest absolute Gasteiger partial charge is 0.478 e. The fraction of sp³-hybridized carbons (Fsp3) is 0.829. The van der Waals surface area contributed by atoms with E-state index in [1.165, 1.54) is 34.9 Å². The fourth-order valence-corrected chi connectivity index (χ4v) is 6.50. The quantitative estimate of drug-likeness (QED) is 0.0536. The Balaban J connectivity index is 9.86. The molecule has 0 radical (unpaired) electrons. The molecule has 54 heavy (non-hydrogen) atoms. The number of hydrazine groups is 1. The van der Waals surface area contributed by atoms with Gasteiger partial charge in [-0.2, -0.15) is 0 Å². The summed E-state index contributed by atoms with van der Waals surface area (Å²) in [4.78, 5) is 91.1. The minimum Gasteiger partial charge on any atom is -0.478 e. The van der Waals surface area contributed by atoms with Crippen LogP contribution in [-0.2, 0) is 28.8 Å². The standard InChI is InChI=1S/C35H72N12O7/c1-16-46(32(52)26(40)20(6)7)35(43(13)28(48)22(10)36,44(14)30(50)24(38)17-18(2)3)47(45(15)29(49)23(11)37)34(33(53)54,27(41)21(8)9)42(12)31(51)25(39)19(4)5/h18-27H,16-17,36-41H2,1-15H3,(H,53,54)/t22-,23-,24-,25-,26-,27?,34-,35-/m1/s1. The predicted octanol–water partition coefficient (Wildman–Crippen LogP) is -1.70. The van der Waals surface area contributed by atoms with Crippen molar-refractivity contribution in [1.29, 1.82) is 0 Å². The topological polar surface area (TPSA) is 298 Å². The Kier molecular flexibility index (Phi) is 18.6. The molecule has 0 rings (SSSR count). The molecule has 5 amide bonds. The molecule has 0 saturated carbocycles. The molecule has 0 bridgehead atoms. The van der Waals surface area contributed by atoms with Gasteiger partial charge in [0, 0.05) is 34.7 Å². The van der Waals surface area contributed by atoms with Crippen molar-refractivity contribution in [2.24, 2.45) is 58.1 Å². The third-order valence-electron chi connectivity index (χ3n) is 9.90. The number of carboxylic acids is 1. The van der Waals surface area contributed by atoms with E-state index >= 15 is 0 Å². The maximum absolute atomic E-state index is 14.9. The molecule has 1 unspecified atom stereocenters. The lowest BCUT2D eigenvalue weighted by molar-refractivity contribution is -0.328. The second kappa shape index (κ2) is 19.9. The van der Waals surface area contributed by atoms with Crippen LogP contribution in [0.1, 0.15) is 82.6 Å². The number of nitrogens with zero attached hydrogens (tertiary/aromatic N) is 6. The summed E-state index contributed by atoms with van der Waals surface area (Å²) >= 11 is 0. The van der Waals surface area contributed by atoms with E-state index in [1.54, 1.807) is 41.5 Å². The molecule has 0 aromatic rings. The van der Waals surface area contributed by atoms with Crippen LogP contribution in [0.25, 0.3) is 0 Å². The Morgan fingerprint density at radius 1 is 0.574 bits per heavy atom. The molecule has 8 atom stereocenters. The Morgan fingerprint density at radius 2 is 0.981 bits per heavy atom. The highest BCUT2D eigenvalue weighted by atomic mass is 16.4. The second-order valence-corrected chi connectivity index (χ2v) is 15.7. The summed E-state index contributed by atoms with van der Waals surface area (Å²) < 4.78 is 0. The van der Waals surface area contributed by atoms with Crippen molar-refractivity contribution in [2.75, 3.05) is 34.7 Å². The number of carbonyl (C=O) groups excluding carboxylic acids is 5. The zero-order chi connectivity index (χ0) is 43.1. The number of nitrogens with two attached hydrogens (primary N) is 6. The summed E-state index contributed by atoms with van der Waals surface area (Å²) in [5, 5.41) is 13.3. The number of carboxylic acid groups (broad SMARTS) is 1. The zero-order valence-electron chi connectivity index (χ0n) is 35.2. The van der Waals surface area contributed by atoms with Gasteiger partial charge < -0.3 is 44.4 Å². The third-order valence-corrected chi connectivity index (χ3v) is 9.90. The number of amides is 5. The molecule has 0 aliphatic carbocycles. The fourth-order valence-electron chi connectivity index (χ4n) is 6.50. The maximum Gasteiger partial charge on any atom is 0.348 e. The SMILES string of the molecule is CCN(C(=O)[C@H](N)C(C)C)[C@](N(C)C(=O)[C@H](N)CC(C)C)(N(C)C(=O)[C@@H](C)N)N(N(C)C(=O)[C@@H](C)N)[C@@](C(=O)O)(C(N)C(C)C)N(C)C(=O)[C@H](N)C(C)C. The molecule has 19 nitrogen and oxygen atoms in total. The van der Waals surface area contributed by atoms with Crippen molar-refractivity contribution in [3.05, 3.63) is 0 Å². The van der Waals surface area contributed by atoms with Gasteiger partial charge in [0.05, 0.1) is 36.3 Å². The molecule has 314 valence electrons. The minimum absolute atomic E-state index is 0.113. The number of hydrogen-bond acceptors (Lipinski definition) is 13. The Hall–Kier alpha value is -3.46. The van der Waals surface area contributed by atoms with Gasteiger partial charge in [0.25, 0.3) is 11.8 Å². The average molecular weight is 773 g/mol. The highest BCUT2D eigenvalue weighted by Crippen LogP contribution is 2.42. The highest BCUT2D eigenvalue weighted by molar-refractivity contribution is 5.92. The van der Waals surface area contributed by atoms with Crippen molar-refractivity contribution in [3.8, 4) is 0 Å². The van der Waals surface area contributed by atoms with Crippen molar-refractivity contribution in [1.82, 2.24) is 29.6 Å². The molecule has 13 N–H and O–H groups in total. The number of aliphatic carboxylic acids is 1. The van der Waals surface area contributed by atoms with E-state index in [4.69, 9.17) is 34.4 Å². The van der Waals surface area contributed by atoms with Gasteiger partial charge in [0.1, 0.15) is 0 Å². The monoisotopic (exact) mass is 773 g/mol. The molecule has 0 aromatic heterocycles. The molecule has 0 fully saturated rings. The Labute approximate surface area is 321 Å². The molecule has 0 aromatic carbocycles. The van der Waals surface area contributed by atoms with E-state index in [0.717, 1.165) is 43.7 Å². The summed E-state index contributed by atoms with van der Waals surface area (Å²) in [6.45, 7) is 17.3. The van der Waals surface area contributed by atoms with Gasteiger partial charge >= 0.3 is 5.97 Å². The summed E-state index contributed by atoms with van der Waals surface area (Å²) in [7, 11) is 4.67. The van der Waals surface area contributed by atoms with Gasteiger partial charge in [-0.1, -0.05) is 55.4 Å². The predicted molar refractivity (Wildman–Crippen MR) is 207 cm³/mol. The lowest BCUT2D eigenvalue weighted by atomic mass is 9.86. The zero-order valence-corrected chi connectivity index (χ0v) is 35.2. The average Bonchev–Trinajstić information content (AvgIpc) is 3.08. The van der Waals surface area contributed by atoms with Crippen molar-refractivity contribution >= 4 is 35.5 Å². The van der Waals surface area contributed by atoms with Crippen LogP contribution in [0.15, 0.2) is 0 Å². The first kappa shape index (κ1) is 50.5. The van der Waals surface area contributed by atoms with Crippen LogP contribution in [0.5, 0.6) is 0 Å². The second-order valence-electron chi connectivity index (χ2n) is 15.7. The number of likely N-dealkylation sites (N-methyl/N-ethyl adjacent to an activating group) is 5. The van der Waals surface area contributed by atoms with E-state index in [2.05, 4.69) is 0 Å². The van der Waals surface area contributed by atoms with Crippen LogP contribution in [-0.4, -0.2) is 153 Å². The lowest BCUT2D eigenvalue weighted by Crippen LogP contribution is -2.91. The van der Waals surface area contributed by atoms with Crippen LogP contribution in [0.2, 0.25) is 0 Å². The molecule has 0 aliphatic rings. The first-order valence-electron chi connectivity index (χ1n) is 18.5. The van der Waals surface area contributed by atoms with Crippen LogP contribution >= 0.6 is 0 Å². The van der Waals surface area contributed by atoms with Gasteiger partial charge in [-0.3, -0.25) is 43.7 Å². The normalized spacial score (nSPS) is 17.6. The van der Waals surface area contributed by atoms with E-state index < -0.39 is 101 Å². The van der Waals surface area contributed by atoms with Gasteiger partial charge in [-0.15, -0.1) is 5.01 Å². The lowest BCUT2D eigenvalue weighted by Gasteiger charge is -2.65. The van der Waals surface area contributed by atoms with Crippen molar-refractivity contribution in [3.63, 3.8) is 0 Å².